The third-order valence-electron chi connectivity index (χ3n) is 4.10. The molecule has 0 saturated carbocycles. The largest absolute Gasteiger partial charge is 0.478 e. The van der Waals surface area contributed by atoms with Gasteiger partial charge in [-0.25, -0.2) is 4.79 Å². The van der Waals surface area contributed by atoms with Crippen LogP contribution in [-0.4, -0.2) is 25.8 Å². The van der Waals surface area contributed by atoms with Crippen molar-refractivity contribution >= 4 is 5.97 Å². The molecule has 1 N–H and O–H groups in total. The van der Waals surface area contributed by atoms with E-state index in [1.54, 1.807) is 22.8 Å². The second-order valence-corrected chi connectivity index (χ2v) is 5.74. The lowest BCUT2D eigenvalue weighted by Gasteiger charge is -2.13. The highest BCUT2D eigenvalue weighted by molar-refractivity contribution is 5.92. The molecule has 1 heterocycles. The molecule has 0 aliphatic rings. The second kappa shape index (κ2) is 6.64. The minimum Gasteiger partial charge on any atom is -0.478 e. The van der Waals surface area contributed by atoms with Crippen LogP contribution in [0, 0.1) is 0 Å². The molecule has 4 aromatic rings. The Bertz CT molecular complexity index is 1000. The van der Waals surface area contributed by atoms with Gasteiger partial charge in [0.1, 0.15) is 0 Å². The maximum Gasteiger partial charge on any atom is 0.337 e. The van der Waals surface area contributed by atoms with E-state index in [4.69, 9.17) is 0 Å². The summed E-state index contributed by atoms with van der Waals surface area (Å²) in [4.78, 5) is 11.8. The summed E-state index contributed by atoms with van der Waals surface area (Å²) in [7, 11) is 0. The summed E-state index contributed by atoms with van der Waals surface area (Å²) in [5, 5.41) is 18.4. The number of aromatic carboxylic acids is 1. The molecule has 5 heteroatoms. The van der Waals surface area contributed by atoms with Gasteiger partial charge in [0.2, 0.25) is 0 Å². The topological polar surface area (TPSA) is 68.0 Å². The van der Waals surface area contributed by atoms with Gasteiger partial charge < -0.3 is 5.11 Å². The highest BCUT2D eigenvalue weighted by atomic mass is 16.4. The number of rotatable bonds is 4. The average Bonchev–Trinajstić information content (AvgIpc) is 3.14. The number of para-hydroxylation sites is 1. The monoisotopic (exact) mass is 341 g/mol. The van der Waals surface area contributed by atoms with Gasteiger partial charge in [-0.2, -0.15) is 0 Å². The molecule has 0 amide bonds. The van der Waals surface area contributed by atoms with Crippen LogP contribution in [0.4, 0.5) is 0 Å². The second-order valence-electron chi connectivity index (χ2n) is 5.74. The first-order chi connectivity index (χ1) is 12.8. The van der Waals surface area contributed by atoms with E-state index in [1.807, 2.05) is 66.7 Å². The standard InChI is InChI=1S/C21H15N3O2/c25-21(26)17-13-7-8-14-18(17)24-19(15-9-3-1-4-10-15)22-23-20(24)16-11-5-2-6-12-16/h1-14H,(H,25,26). The van der Waals surface area contributed by atoms with Crippen LogP contribution in [0.15, 0.2) is 84.9 Å². The Labute approximate surface area is 150 Å². The Morgan fingerprint density at radius 2 is 1.15 bits per heavy atom. The fourth-order valence-corrected chi connectivity index (χ4v) is 2.91. The molecule has 4 rings (SSSR count). The van der Waals surface area contributed by atoms with Gasteiger partial charge in [0.05, 0.1) is 11.3 Å². The van der Waals surface area contributed by atoms with Gasteiger partial charge in [0.15, 0.2) is 11.6 Å². The van der Waals surface area contributed by atoms with Crippen LogP contribution in [0.25, 0.3) is 28.5 Å². The van der Waals surface area contributed by atoms with Gasteiger partial charge in [-0.3, -0.25) is 4.57 Å². The van der Waals surface area contributed by atoms with E-state index in [0.717, 1.165) is 11.1 Å². The van der Waals surface area contributed by atoms with E-state index in [0.29, 0.717) is 17.3 Å². The van der Waals surface area contributed by atoms with Crippen LogP contribution in [0.3, 0.4) is 0 Å². The minimum atomic E-state index is -0.993. The third-order valence-corrected chi connectivity index (χ3v) is 4.10. The maximum atomic E-state index is 11.8. The number of nitrogens with zero attached hydrogens (tertiary/aromatic N) is 3. The first-order valence-electron chi connectivity index (χ1n) is 8.14. The van der Waals surface area contributed by atoms with E-state index in [2.05, 4.69) is 10.2 Å². The zero-order valence-electron chi connectivity index (χ0n) is 13.8. The maximum absolute atomic E-state index is 11.8. The molecule has 0 saturated heterocycles. The molecule has 26 heavy (non-hydrogen) atoms. The molecule has 0 radical (unpaired) electrons. The number of benzene rings is 3. The normalized spacial score (nSPS) is 10.6. The van der Waals surface area contributed by atoms with Crippen LogP contribution in [0.1, 0.15) is 10.4 Å². The number of carboxylic acids is 1. The fraction of sp³-hybridized carbons (Fsp3) is 0. The molecule has 0 aliphatic carbocycles. The summed E-state index contributed by atoms with van der Waals surface area (Å²) in [5.74, 6) is 0.198. The van der Waals surface area contributed by atoms with Crippen LogP contribution in [0.2, 0.25) is 0 Å². The number of carboxylic acid groups (broad SMARTS) is 1. The molecule has 126 valence electrons. The number of hydrogen-bond acceptors (Lipinski definition) is 3. The predicted molar refractivity (Wildman–Crippen MR) is 99.2 cm³/mol. The van der Waals surface area contributed by atoms with Crippen LogP contribution < -0.4 is 0 Å². The van der Waals surface area contributed by atoms with E-state index < -0.39 is 5.97 Å². The Kier molecular flexibility index (Phi) is 4.03. The van der Waals surface area contributed by atoms with Crippen molar-refractivity contribution < 1.29 is 9.90 Å². The minimum absolute atomic E-state index is 0.196. The molecule has 3 aromatic carbocycles. The number of hydrogen-bond donors (Lipinski definition) is 1. The average molecular weight is 341 g/mol. The van der Waals surface area contributed by atoms with Gasteiger partial charge in [-0.05, 0) is 12.1 Å². The van der Waals surface area contributed by atoms with Crippen molar-refractivity contribution in [3.8, 4) is 28.5 Å². The predicted octanol–water partition coefficient (Wildman–Crippen LogP) is 4.30. The van der Waals surface area contributed by atoms with Crippen molar-refractivity contribution in [3.05, 3.63) is 90.5 Å². The van der Waals surface area contributed by atoms with Crippen molar-refractivity contribution in [3.63, 3.8) is 0 Å². The molecular weight excluding hydrogens is 326 g/mol. The quantitative estimate of drug-likeness (QED) is 0.601. The summed E-state index contributed by atoms with van der Waals surface area (Å²) in [6.07, 6.45) is 0. The Balaban J connectivity index is 2.03. The van der Waals surface area contributed by atoms with E-state index in [9.17, 15) is 9.90 Å². The van der Waals surface area contributed by atoms with Crippen LogP contribution in [0.5, 0.6) is 0 Å². The number of aromatic nitrogens is 3. The Morgan fingerprint density at radius 1 is 0.692 bits per heavy atom. The third kappa shape index (κ3) is 2.75. The Hall–Kier alpha value is -3.73. The van der Waals surface area contributed by atoms with E-state index in [1.165, 1.54) is 0 Å². The first kappa shape index (κ1) is 15.8. The SMILES string of the molecule is O=C(O)c1ccccc1-n1c(-c2ccccc2)nnc1-c1ccccc1. The van der Waals surface area contributed by atoms with Crippen molar-refractivity contribution in [1.82, 2.24) is 14.8 Å². The van der Waals surface area contributed by atoms with Gasteiger partial charge in [0.25, 0.3) is 0 Å². The summed E-state index contributed by atoms with van der Waals surface area (Å²) >= 11 is 0. The van der Waals surface area contributed by atoms with Gasteiger partial charge >= 0.3 is 5.97 Å². The molecule has 0 spiro atoms. The molecule has 0 aliphatic heterocycles. The van der Waals surface area contributed by atoms with Crippen LogP contribution >= 0.6 is 0 Å². The van der Waals surface area contributed by atoms with Crippen molar-refractivity contribution in [2.75, 3.05) is 0 Å². The lowest BCUT2D eigenvalue weighted by molar-refractivity contribution is 0.0697. The fourth-order valence-electron chi connectivity index (χ4n) is 2.91. The zero-order chi connectivity index (χ0) is 17.9. The van der Waals surface area contributed by atoms with Crippen molar-refractivity contribution in [2.45, 2.75) is 0 Å². The smallest absolute Gasteiger partial charge is 0.337 e. The summed E-state index contributed by atoms with van der Waals surface area (Å²) < 4.78 is 1.80. The highest BCUT2D eigenvalue weighted by Gasteiger charge is 2.20. The lowest BCUT2D eigenvalue weighted by atomic mass is 10.1. The van der Waals surface area contributed by atoms with Gasteiger partial charge in [0, 0.05) is 11.1 Å². The molecule has 0 unspecified atom stereocenters. The highest BCUT2D eigenvalue weighted by Crippen LogP contribution is 2.29. The van der Waals surface area contributed by atoms with Crippen molar-refractivity contribution in [2.24, 2.45) is 0 Å². The van der Waals surface area contributed by atoms with E-state index >= 15 is 0 Å². The first-order valence-corrected chi connectivity index (χ1v) is 8.14. The molecular formula is C21H15N3O2. The zero-order valence-corrected chi connectivity index (χ0v) is 13.8. The van der Waals surface area contributed by atoms with Crippen molar-refractivity contribution in [1.29, 1.82) is 0 Å². The summed E-state index contributed by atoms with van der Waals surface area (Å²) in [6.45, 7) is 0. The van der Waals surface area contributed by atoms with Crippen LogP contribution in [-0.2, 0) is 0 Å². The summed E-state index contributed by atoms with van der Waals surface area (Å²) in [5.41, 5.74) is 2.45. The Morgan fingerprint density at radius 3 is 1.65 bits per heavy atom. The lowest BCUT2D eigenvalue weighted by Crippen LogP contribution is -2.08. The van der Waals surface area contributed by atoms with E-state index in [-0.39, 0.29) is 5.56 Å². The molecule has 0 atom stereocenters. The van der Waals surface area contributed by atoms with Gasteiger partial charge in [-0.15, -0.1) is 10.2 Å². The molecule has 5 nitrogen and oxygen atoms in total. The van der Waals surface area contributed by atoms with Gasteiger partial charge in [-0.1, -0.05) is 72.8 Å². The molecule has 0 fully saturated rings. The number of carbonyl (C=O) groups is 1. The molecule has 1 aromatic heterocycles. The molecule has 0 bridgehead atoms. The summed E-state index contributed by atoms with van der Waals surface area (Å²) in [6, 6.07) is 26.1.